The third kappa shape index (κ3) is 7.05. The lowest BCUT2D eigenvalue weighted by molar-refractivity contribution is -0.205. The molecule has 1 aromatic heterocycles. The number of rotatable bonds is 11. The van der Waals surface area contributed by atoms with Gasteiger partial charge in [0.2, 0.25) is 17.7 Å². The lowest BCUT2D eigenvalue weighted by Gasteiger charge is -2.55. The topological polar surface area (TPSA) is 117 Å². The number of amides is 3. The third-order valence-corrected chi connectivity index (χ3v) is 9.11. The van der Waals surface area contributed by atoms with E-state index in [2.05, 4.69) is 11.6 Å². The van der Waals surface area contributed by atoms with E-state index < -0.39 is 12.2 Å². The van der Waals surface area contributed by atoms with E-state index in [9.17, 15) is 24.3 Å². The van der Waals surface area contributed by atoms with Crippen LogP contribution in [0.15, 0.2) is 103 Å². The fourth-order valence-electron chi connectivity index (χ4n) is 6.87. The molecular formula is C39H41N5O5. The molecule has 0 radical (unpaired) electrons. The Morgan fingerprint density at radius 3 is 2.45 bits per heavy atom. The molecule has 49 heavy (non-hydrogen) atoms. The summed E-state index contributed by atoms with van der Waals surface area (Å²) in [5.41, 5.74) is 4.81. The number of phenols is 1. The minimum absolute atomic E-state index is 0.0662. The summed E-state index contributed by atoms with van der Waals surface area (Å²) < 4.78 is 0. The summed E-state index contributed by atoms with van der Waals surface area (Å²) in [5.74, 6) is -0.640. The number of hydrogen-bond donors (Lipinski definition) is 2. The van der Waals surface area contributed by atoms with Crippen molar-refractivity contribution in [2.75, 3.05) is 19.6 Å². The molecule has 2 aliphatic heterocycles. The molecule has 3 aromatic carbocycles. The molecule has 3 amide bonds. The summed E-state index contributed by atoms with van der Waals surface area (Å²) in [4.78, 5) is 62.0. The number of benzene rings is 3. The van der Waals surface area contributed by atoms with E-state index in [0.717, 1.165) is 33.2 Å². The number of ketones is 1. The first kappa shape index (κ1) is 33.4. The Morgan fingerprint density at radius 2 is 1.73 bits per heavy atom. The predicted octanol–water partition coefficient (Wildman–Crippen LogP) is 5.01. The third-order valence-electron chi connectivity index (χ3n) is 9.11. The van der Waals surface area contributed by atoms with Gasteiger partial charge in [0.05, 0.1) is 18.6 Å². The average Bonchev–Trinajstić information content (AvgIpc) is 3.52. The van der Waals surface area contributed by atoms with Crippen LogP contribution >= 0.6 is 0 Å². The van der Waals surface area contributed by atoms with Gasteiger partial charge in [0.25, 0.3) is 0 Å². The number of hydrazine groups is 1. The normalized spacial score (nSPS) is 18.0. The van der Waals surface area contributed by atoms with Gasteiger partial charge in [-0.3, -0.25) is 19.2 Å². The van der Waals surface area contributed by atoms with Crippen LogP contribution in [0.25, 0.3) is 10.9 Å². The van der Waals surface area contributed by atoms with Crippen LogP contribution in [0, 0.1) is 0 Å². The number of para-hydroxylation sites is 1. The summed E-state index contributed by atoms with van der Waals surface area (Å²) in [6.07, 6.45) is 5.17. The fourth-order valence-corrected chi connectivity index (χ4v) is 6.87. The summed E-state index contributed by atoms with van der Waals surface area (Å²) in [6, 6.07) is 21.2. The number of fused-ring (bicyclic) bond motifs is 2. The molecule has 4 aromatic rings. The first-order valence-corrected chi connectivity index (χ1v) is 16.5. The van der Waals surface area contributed by atoms with Crippen molar-refractivity contribution in [3.8, 4) is 5.75 Å². The Labute approximate surface area is 285 Å². The highest BCUT2D eigenvalue weighted by Crippen LogP contribution is 2.31. The number of nitrogens with zero attached hydrogens (tertiary/aromatic N) is 4. The summed E-state index contributed by atoms with van der Waals surface area (Å²) in [5, 5.41) is 14.0. The molecule has 0 spiro atoms. The number of aromatic amines is 1. The van der Waals surface area contributed by atoms with Crippen molar-refractivity contribution in [3.05, 3.63) is 126 Å². The van der Waals surface area contributed by atoms with Gasteiger partial charge in [-0.1, -0.05) is 72.3 Å². The van der Waals surface area contributed by atoms with Crippen molar-refractivity contribution < 1.29 is 24.3 Å². The molecule has 0 bridgehead atoms. The highest BCUT2D eigenvalue weighted by atomic mass is 16.3. The van der Waals surface area contributed by atoms with Crippen LogP contribution in [0.2, 0.25) is 0 Å². The van der Waals surface area contributed by atoms with Crippen molar-refractivity contribution in [2.24, 2.45) is 0 Å². The number of nitrogens with one attached hydrogen (secondary N) is 1. The molecule has 2 aliphatic rings. The molecule has 10 nitrogen and oxygen atoms in total. The van der Waals surface area contributed by atoms with Gasteiger partial charge in [-0.05, 0) is 55.2 Å². The Bertz CT molecular complexity index is 1910. The molecule has 2 N–H and O–H groups in total. The molecule has 2 atom stereocenters. The number of carbonyl (C=O) groups is 4. The van der Waals surface area contributed by atoms with E-state index in [1.165, 1.54) is 0 Å². The first-order valence-electron chi connectivity index (χ1n) is 16.5. The quantitative estimate of drug-likeness (QED) is 0.133. The lowest BCUT2D eigenvalue weighted by atomic mass is 9.97. The van der Waals surface area contributed by atoms with Gasteiger partial charge >= 0.3 is 0 Å². The van der Waals surface area contributed by atoms with E-state index >= 15 is 0 Å². The Balaban J connectivity index is 1.37. The van der Waals surface area contributed by atoms with Crippen LogP contribution in [0.1, 0.15) is 47.3 Å². The summed E-state index contributed by atoms with van der Waals surface area (Å²) >= 11 is 0. The maximum absolute atomic E-state index is 14.4. The van der Waals surface area contributed by atoms with E-state index in [1.807, 2.05) is 62.4 Å². The average molecular weight is 660 g/mol. The number of piperazine rings is 1. The van der Waals surface area contributed by atoms with Gasteiger partial charge in [0.15, 0.2) is 5.78 Å². The maximum atomic E-state index is 14.4. The standard InChI is InChI=1S/C39H41N5O5/c1-4-19-42-25-37(48)43-33(21-28-13-16-30(45)17-14-28)39(49)41(24-35(43)44(42)36(47)18-15-27-9-6-5-7-10-27)23-29-11-8-12-31-32(22-40-38(29)31)34(46)20-26(2)3/h4-14,16-17,20,22,33,35,40,45H,1,15,18-19,21,23-25H2,2-3H3/t33-,35-/m0/s1. The number of carbonyl (C=O) groups excluding carboxylic acids is 4. The van der Waals surface area contributed by atoms with Crippen molar-refractivity contribution in [2.45, 2.75) is 51.9 Å². The Hall–Kier alpha value is -5.48. The highest BCUT2D eigenvalue weighted by molar-refractivity contribution is 6.13. The van der Waals surface area contributed by atoms with E-state index in [0.29, 0.717) is 12.0 Å². The van der Waals surface area contributed by atoms with Gasteiger partial charge in [0.1, 0.15) is 18.0 Å². The zero-order valence-electron chi connectivity index (χ0n) is 27.8. The monoisotopic (exact) mass is 659 g/mol. The molecule has 0 saturated carbocycles. The number of allylic oxidation sites excluding steroid dienone is 2. The largest absolute Gasteiger partial charge is 0.508 e. The predicted molar refractivity (Wildman–Crippen MR) is 187 cm³/mol. The molecule has 3 heterocycles. The molecule has 2 saturated heterocycles. The lowest BCUT2D eigenvalue weighted by Crippen LogP contribution is -2.75. The van der Waals surface area contributed by atoms with Crippen molar-refractivity contribution in [1.29, 1.82) is 0 Å². The number of aromatic hydroxyl groups is 1. The second-order valence-corrected chi connectivity index (χ2v) is 12.9. The number of phenolic OH excluding ortho intramolecular Hbond substituents is 1. The molecule has 0 unspecified atom stereocenters. The molecular weight excluding hydrogens is 618 g/mol. The first-order chi connectivity index (χ1) is 23.6. The second kappa shape index (κ2) is 14.3. The van der Waals surface area contributed by atoms with Gasteiger partial charge < -0.3 is 19.9 Å². The van der Waals surface area contributed by atoms with Crippen LogP contribution in [0.3, 0.4) is 0 Å². The summed E-state index contributed by atoms with van der Waals surface area (Å²) in [6.45, 7) is 8.14. The molecule has 252 valence electrons. The molecule has 0 aliphatic carbocycles. The van der Waals surface area contributed by atoms with Gasteiger partial charge in [-0.2, -0.15) is 0 Å². The Kier molecular flexibility index (Phi) is 9.77. The van der Waals surface area contributed by atoms with Crippen LogP contribution in [-0.4, -0.2) is 85.3 Å². The smallest absolute Gasteiger partial charge is 0.246 e. The van der Waals surface area contributed by atoms with Crippen molar-refractivity contribution >= 4 is 34.4 Å². The zero-order valence-corrected chi connectivity index (χ0v) is 27.8. The van der Waals surface area contributed by atoms with Crippen molar-refractivity contribution in [3.63, 3.8) is 0 Å². The van der Waals surface area contributed by atoms with Gasteiger partial charge in [0, 0.05) is 43.1 Å². The van der Waals surface area contributed by atoms with Crippen LogP contribution in [-0.2, 0) is 33.8 Å². The Morgan fingerprint density at radius 1 is 0.980 bits per heavy atom. The van der Waals surface area contributed by atoms with Gasteiger partial charge in [-0.15, -0.1) is 6.58 Å². The number of hydrogen-bond acceptors (Lipinski definition) is 6. The van der Waals surface area contributed by atoms with E-state index in [1.54, 1.807) is 62.4 Å². The number of aryl methyl sites for hydroxylation is 1. The van der Waals surface area contributed by atoms with Crippen molar-refractivity contribution in [1.82, 2.24) is 24.8 Å². The maximum Gasteiger partial charge on any atom is 0.246 e. The molecule has 2 fully saturated rings. The van der Waals surface area contributed by atoms with Crippen LogP contribution in [0.4, 0.5) is 0 Å². The zero-order chi connectivity index (χ0) is 34.7. The van der Waals surface area contributed by atoms with E-state index in [-0.39, 0.29) is 68.3 Å². The molecule has 6 rings (SSSR count). The second-order valence-electron chi connectivity index (χ2n) is 12.9. The fraction of sp³-hybridized carbons (Fsp3) is 0.282. The minimum Gasteiger partial charge on any atom is -0.508 e. The van der Waals surface area contributed by atoms with Crippen LogP contribution < -0.4 is 0 Å². The van der Waals surface area contributed by atoms with Gasteiger partial charge in [-0.25, -0.2) is 10.0 Å². The number of aromatic nitrogens is 1. The number of H-pyrrole nitrogens is 1. The van der Waals surface area contributed by atoms with E-state index in [4.69, 9.17) is 0 Å². The summed E-state index contributed by atoms with van der Waals surface area (Å²) in [7, 11) is 0. The van der Waals surface area contributed by atoms with Crippen LogP contribution in [0.5, 0.6) is 5.75 Å². The minimum atomic E-state index is -0.885. The highest BCUT2D eigenvalue weighted by Gasteiger charge is 2.51. The SMILES string of the molecule is C=CCN1CC(=O)N2[C@@H](Cc3ccc(O)cc3)C(=O)N(Cc3cccc4c(C(=O)C=C(C)C)c[nH]c34)C[C@@H]2N1C(=O)CCc1ccccc1. The molecule has 10 heteroatoms.